The van der Waals surface area contributed by atoms with Gasteiger partial charge in [0, 0.05) is 17.5 Å². The maximum absolute atomic E-state index is 11.8. The Morgan fingerprint density at radius 3 is 3.06 bits per heavy atom. The zero-order valence-electron chi connectivity index (χ0n) is 9.69. The maximum atomic E-state index is 11.8. The summed E-state index contributed by atoms with van der Waals surface area (Å²) in [5, 5.41) is 6.67. The number of hydrogen-bond donors (Lipinski definition) is 1. The molecule has 0 spiro atoms. The van der Waals surface area contributed by atoms with E-state index in [1.807, 2.05) is 13.8 Å². The van der Waals surface area contributed by atoms with Crippen LogP contribution < -0.4 is 5.32 Å². The van der Waals surface area contributed by atoms with E-state index in [1.165, 1.54) is 11.3 Å². The molecule has 0 bridgehead atoms. The molecule has 0 atom stereocenters. The van der Waals surface area contributed by atoms with Crippen LogP contribution in [-0.2, 0) is 17.6 Å². The smallest absolute Gasteiger partial charge is 0.229 e. The molecule has 0 saturated carbocycles. The van der Waals surface area contributed by atoms with E-state index in [2.05, 4.69) is 15.5 Å². The topological polar surface area (TPSA) is 68.0 Å². The van der Waals surface area contributed by atoms with Gasteiger partial charge < -0.3 is 9.84 Å². The molecule has 6 heteroatoms. The van der Waals surface area contributed by atoms with E-state index in [1.54, 1.807) is 11.7 Å². The van der Waals surface area contributed by atoms with E-state index < -0.39 is 0 Å². The lowest BCUT2D eigenvalue weighted by atomic mass is 10.2. The number of rotatable bonds is 4. The van der Waals surface area contributed by atoms with Crippen molar-refractivity contribution in [3.8, 4) is 0 Å². The van der Waals surface area contributed by atoms with Crippen molar-refractivity contribution in [2.24, 2.45) is 0 Å². The van der Waals surface area contributed by atoms with E-state index in [9.17, 15) is 4.79 Å². The summed E-state index contributed by atoms with van der Waals surface area (Å²) in [7, 11) is 0. The molecule has 0 saturated heterocycles. The van der Waals surface area contributed by atoms with Gasteiger partial charge in [-0.2, -0.15) is 0 Å². The van der Waals surface area contributed by atoms with Crippen molar-refractivity contribution in [2.75, 3.05) is 5.32 Å². The summed E-state index contributed by atoms with van der Waals surface area (Å²) in [6, 6.07) is 0. The molecule has 0 aliphatic heterocycles. The Kier molecular flexibility index (Phi) is 3.53. The average Bonchev–Trinajstić information content (AvgIpc) is 2.90. The molecule has 0 unspecified atom stereocenters. The summed E-state index contributed by atoms with van der Waals surface area (Å²) >= 11 is 1.47. The summed E-state index contributed by atoms with van der Waals surface area (Å²) in [4.78, 5) is 16.7. The molecule has 0 aliphatic carbocycles. The zero-order valence-corrected chi connectivity index (χ0v) is 10.5. The van der Waals surface area contributed by atoms with Crippen LogP contribution in [0.15, 0.2) is 16.2 Å². The molecule has 0 aliphatic rings. The highest BCUT2D eigenvalue weighted by molar-refractivity contribution is 7.09. The Morgan fingerprint density at radius 2 is 2.41 bits per heavy atom. The number of aromatic nitrogens is 2. The number of nitrogens with one attached hydrogen (secondary N) is 1. The summed E-state index contributed by atoms with van der Waals surface area (Å²) in [5.41, 5.74) is 3.12. The molecule has 90 valence electrons. The Balaban J connectivity index is 2.05. The van der Waals surface area contributed by atoms with Crippen LogP contribution in [0.5, 0.6) is 0 Å². The zero-order chi connectivity index (χ0) is 12.3. The maximum Gasteiger partial charge on any atom is 0.229 e. The third-order valence-electron chi connectivity index (χ3n) is 2.34. The van der Waals surface area contributed by atoms with Gasteiger partial charge in [0.2, 0.25) is 5.91 Å². The van der Waals surface area contributed by atoms with E-state index in [0.717, 1.165) is 4.88 Å². The van der Waals surface area contributed by atoms with Crippen molar-refractivity contribution >= 4 is 22.9 Å². The van der Waals surface area contributed by atoms with Crippen LogP contribution in [0.4, 0.5) is 5.69 Å². The summed E-state index contributed by atoms with van der Waals surface area (Å²) < 4.78 is 5.11. The van der Waals surface area contributed by atoms with Crippen LogP contribution in [0.3, 0.4) is 0 Å². The van der Waals surface area contributed by atoms with Crippen molar-refractivity contribution in [1.82, 2.24) is 10.1 Å². The molecule has 1 N–H and O–H groups in total. The highest BCUT2D eigenvalue weighted by atomic mass is 32.1. The number of thiazole rings is 1. The number of nitrogens with zero attached hydrogens (tertiary/aromatic N) is 2. The molecule has 2 rings (SSSR count). The standard InChI is InChI=1S/C11H13N3O2S/c1-3-9-11(7(2)14-16-9)13-10(15)4-8-5-12-6-17-8/h5-6H,3-4H2,1-2H3,(H,13,15). The predicted octanol–water partition coefficient (Wildman–Crippen LogP) is 2.18. The lowest BCUT2D eigenvalue weighted by Gasteiger charge is -2.03. The second-order valence-corrected chi connectivity index (χ2v) is 4.58. The van der Waals surface area contributed by atoms with Crippen LogP contribution in [0.1, 0.15) is 23.3 Å². The summed E-state index contributed by atoms with van der Waals surface area (Å²) in [6.45, 7) is 3.77. The fourth-order valence-electron chi connectivity index (χ4n) is 1.49. The largest absolute Gasteiger partial charge is 0.359 e. The molecule has 5 nitrogen and oxygen atoms in total. The van der Waals surface area contributed by atoms with Gasteiger partial charge in [0.15, 0.2) is 5.76 Å². The molecule has 2 aromatic heterocycles. The first kappa shape index (κ1) is 11.8. The van der Waals surface area contributed by atoms with Gasteiger partial charge in [-0.25, -0.2) is 0 Å². The molecule has 2 aromatic rings. The van der Waals surface area contributed by atoms with E-state index in [4.69, 9.17) is 4.52 Å². The van der Waals surface area contributed by atoms with Gasteiger partial charge >= 0.3 is 0 Å². The van der Waals surface area contributed by atoms with E-state index in [-0.39, 0.29) is 5.91 Å². The highest BCUT2D eigenvalue weighted by Crippen LogP contribution is 2.20. The number of carbonyl (C=O) groups is 1. The second-order valence-electron chi connectivity index (χ2n) is 3.61. The predicted molar refractivity (Wildman–Crippen MR) is 65.1 cm³/mol. The number of carbonyl (C=O) groups excluding carboxylic acids is 1. The van der Waals surface area contributed by atoms with E-state index >= 15 is 0 Å². The van der Waals surface area contributed by atoms with Gasteiger partial charge in [0.25, 0.3) is 0 Å². The van der Waals surface area contributed by atoms with Crippen molar-refractivity contribution in [3.63, 3.8) is 0 Å². The minimum absolute atomic E-state index is 0.0738. The Morgan fingerprint density at radius 1 is 1.59 bits per heavy atom. The second kappa shape index (κ2) is 5.09. The molecular weight excluding hydrogens is 238 g/mol. The van der Waals surface area contributed by atoms with Gasteiger partial charge in [-0.15, -0.1) is 11.3 Å². The molecule has 1 amide bonds. The number of aryl methyl sites for hydroxylation is 2. The van der Waals surface area contributed by atoms with Gasteiger partial charge in [-0.3, -0.25) is 9.78 Å². The monoisotopic (exact) mass is 251 g/mol. The lowest BCUT2D eigenvalue weighted by molar-refractivity contribution is -0.115. The van der Waals surface area contributed by atoms with Crippen molar-refractivity contribution in [1.29, 1.82) is 0 Å². The van der Waals surface area contributed by atoms with Crippen LogP contribution in [0, 0.1) is 6.92 Å². The minimum atomic E-state index is -0.0738. The quantitative estimate of drug-likeness (QED) is 0.904. The summed E-state index contributed by atoms with van der Waals surface area (Å²) in [6.07, 6.45) is 2.74. The lowest BCUT2D eigenvalue weighted by Crippen LogP contribution is -2.15. The van der Waals surface area contributed by atoms with Crippen molar-refractivity contribution in [3.05, 3.63) is 28.0 Å². The molecular formula is C11H13N3O2S. The number of amides is 1. The molecule has 2 heterocycles. The third-order valence-corrected chi connectivity index (χ3v) is 3.12. The van der Waals surface area contributed by atoms with Crippen LogP contribution in [-0.4, -0.2) is 16.0 Å². The van der Waals surface area contributed by atoms with Crippen LogP contribution >= 0.6 is 11.3 Å². The minimum Gasteiger partial charge on any atom is -0.359 e. The SMILES string of the molecule is CCc1onc(C)c1NC(=O)Cc1cncs1. The molecule has 0 fully saturated rings. The number of anilines is 1. The third kappa shape index (κ3) is 2.71. The Labute approximate surface area is 103 Å². The Hall–Kier alpha value is -1.69. The normalized spacial score (nSPS) is 10.5. The number of hydrogen-bond acceptors (Lipinski definition) is 5. The van der Waals surface area contributed by atoms with Gasteiger partial charge in [0.1, 0.15) is 11.4 Å². The van der Waals surface area contributed by atoms with Crippen molar-refractivity contribution < 1.29 is 9.32 Å². The molecule has 0 radical (unpaired) electrons. The van der Waals surface area contributed by atoms with Gasteiger partial charge in [-0.05, 0) is 6.92 Å². The molecule has 0 aromatic carbocycles. The highest BCUT2D eigenvalue weighted by Gasteiger charge is 2.14. The first-order chi connectivity index (χ1) is 8.20. The van der Waals surface area contributed by atoms with Crippen molar-refractivity contribution in [2.45, 2.75) is 26.7 Å². The first-order valence-corrected chi connectivity index (χ1v) is 6.21. The fourth-order valence-corrected chi connectivity index (χ4v) is 2.08. The summed E-state index contributed by atoms with van der Waals surface area (Å²) in [5.74, 6) is 0.635. The fraction of sp³-hybridized carbons (Fsp3) is 0.364. The average molecular weight is 251 g/mol. The van der Waals surface area contributed by atoms with Gasteiger partial charge in [-0.1, -0.05) is 12.1 Å². The Bertz CT molecular complexity index is 505. The molecule has 17 heavy (non-hydrogen) atoms. The first-order valence-electron chi connectivity index (χ1n) is 5.33. The van der Waals surface area contributed by atoms with Crippen LogP contribution in [0.2, 0.25) is 0 Å². The van der Waals surface area contributed by atoms with Gasteiger partial charge in [0.05, 0.1) is 11.9 Å². The van der Waals surface area contributed by atoms with E-state index in [0.29, 0.717) is 30.0 Å². The van der Waals surface area contributed by atoms with Crippen LogP contribution in [0.25, 0.3) is 0 Å².